The molecule has 1 N–H and O–H groups in total. The van der Waals surface area contributed by atoms with E-state index in [1.165, 1.54) is 93.1 Å². The van der Waals surface area contributed by atoms with Gasteiger partial charge < -0.3 is 10.2 Å². The van der Waals surface area contributed by atoms with Gasteiger partial charge in [-0.2, -0.15) is 0 Å². The third-order valence-corrected chi connectivity index (χ3v) is 12.7. The first-order chi connectivity index (χ1) is 26.0. The fourth-order valence-electron chi connectivity index (χ4n) is 9.09. The molecule has 0 fully saturated rings. The average Bonchev–Trinajstić information content (AvgIpc) is 3.43. The van der Waals surface area contributed by atoms with Gasteiger partial charge in [0.25, 0.3) is 0 Å². The van der Waals surface area contributed by atoms with Crippen LogP contribution in [0.15, 0.2) is 174 Å². The molecule has 53 heavy (non-hydrogen) atoms. The zero-order valence-electron chi connectivity index (χ0n) is 29.7. The van der Waals surface area contributed by atoms with Crippen LogP contribution in [0.4, 0.5) is 28.4 Å². The summed E-state index contributed by atoms with van der Waals surface area (Å²) < 4.78 is 0. The third-order valence-electron chi connectivity index (χ3n) is 11.6. The Morgan fingerprint density at radius 1 is 0.547 bits per heavy atom. The number of hydrogen-bond acceptors (Lipinski definition) is 3. The zero-order valence-corrected chi connectivity index (χ0v) is 30.5. The Morgan fingerprint density at radius 2 is 1.25 bits per heavy atom. The van der Waals surface area contributed by atoms with Gasteiger partial charge in [0.1, 0.15) is 0 Å². The van der Waals surface area contributed by atoms with E-state index in [4.69, 9.17) is 0 Å². The lowest BCUT2D eigenvalue weighted by molar-refractivity contribution is 0.660. The molecule has 0 amide bonds. The Kier molecular flexibility index (Phi) is 6.66. The maximum atomic E-state index is 3.95. The van der Waals surface area contributed by atoms with Crippen LogP contribution in [-0.2, 0) is 5.41 Å². The standard InChI is InChI=1S/C49H35BN2S/c1-49(2)37-18-9-8-17-35(37)45-38(49)29-42-47(50-39-19-12-22-44-48(39)52(42)41-20-10-11-21-43(41)53-44)46(45)36-27-32-15-6-7-16-33(32)28-40(36)51-34-25-23-31(24-26-34)30-13-4-3-5-14-30/h3-29,50-51H,1-2H3. The summed E-state index contributed by atoms with van der Waals surface area (Å²) in [7, 11) is 0.862. The lowest BCUT2D eigenvalue weighted by Crippen LogP contribution is -2.42. The van der Waals surface area contributed by atoms with Crippen LogP contribution < -0.4 is 21.1 Å². The highest BCUT2D eigenvalue weighted by molar-refractivity contribution is 7.99. The Hall–Kier alpha value is -5.97. The Labute approximate surface area is 315 Å². The fourth-order valence-corrected chi connectivity index (χ4v) is 10.2. The quantitative estimate of drug-likeness (QED) is 0.185. The van der Waals surface area contributed by atoms with Gasteiger partial charge >= 0.3 is 0 Å². The Bertz CT molecular complexity index is 2790. The van der Waals surface area contributed by atoms with Crippen molar-refractivity contribution < 1.29 is 0 Å². The van der Waals surface area contributed by atoms with E-state index in [0.717, 1.165) is 18.7 Å². The van der Waals surface area contributed by atoms with Crippen LogP contribution in [0.1, 0.15) is 25.0 Å². The van der Waals surface area contributed by atoms with Gasteiger partial charge in [0, 0.05) is 37.8 Å². The minimum Gasteiger partial charge on any atom is -0.355 e. The first-order valence-electron chi connectivity index (χ1n) is 18.5. The van der Waals surface area contributed by atoms with Crippen molar-refractivity contribution in [1.82, 2.24) is 0 Å². The largest absolute Gasteiger partial charge is 0.355 e. The monoisotopic (exact) mass is 694 g/mol. The molecule has 0 aromatic heterocycles. The van der Waals surface area contributed by atoms with E-state index in [9.17, 15) is 0 Å². The summed E-state index contributed by atoms with van der Waals surface area (Å²) >= 11 is 1.89. The van der Waals surface area contributed by atoms with E-state index in [1.54, 1.807) is 0 Å². The maximum Gasteiger partial charge on any atom is 0.198 e. The molecule has 0 radical (unpaired) electrons. The van der Waals surface area contributed by atoms with E-state index in [0.29, 0.717) is 0 Å². The molecule has 11 rings (SSSR count). The van der Waals surface area contributed by atoms with Crippen molar-refractivity contribution in [2.24, 2.45) is 0 Å². The molecule has 250 valence electrons. The summed E-state index contributed by atoms with van der Waals surface area (Å²) in [5, 5.41) is 6.41. The van der Waals surface area contributed by atoms with Gasteiger partial charge in [-0.25, -0.2) is 0 Å². The van der Waals surface area contributed by atoms with Crippen molar-refractivity contribution in [3.8, 4) is 33.4 Å². The van der Waals surface area contributed by atoms with Crippen molar-refractivity contribution in [2.75, 3.05) is 10.2 Å². The molecule has 8 aromatic carbocycles. The van der Waals surface area contributed by atoms with Gasteiger partial charge in [-0.15, -0.1) is 0 Å². The second-order valence-corrected chi connectivity index (χ2v) is 16.1. The molecule has 8 aromatic rings. The van der Waals surface area contributed by atoms with Gasteiger partial charge in [0.2, 0.25) is 0 Å². The van der Waals surface area contributed by atoms with Crippen LogP contribution in [0, 0.1) is 0 Å². The first-order valence-corrected chi connectivity index (χ1v) is 19.3. The highest BCUT2D eigenvalue weighted by Crippen LogP contribution is 2.57. The van der Waals surface area contributed by atoms with E-state index >= 15 is 0 Å². The zero-order chi connectivity index (χ0) is 35.3. The molecular formula is C49H35BN2S. The maximum absolute atomic E-state index is 3.95. The van der Waals surface area contributed by atoms with Crippen molar-refractivity contribution >= 4 is 69.2 Å². The summed E-state index contributed by atoms with van der Waals surface area (Å²) in [6, 6.07) is 60.5. The van der Waals surface area contributed by atoms with E-state index < -0.39 is 0 Å². The molecule has 0 spiro atoms. The molecule has 2 heterocycles. The predicted molar refractivity (Wildman–Crippen MR) is 227 cm³/mol. The molecule has 0 unspecified atom stereocenters. The SMILES string of the molecule is CC1(C)c2ccccc2-c2c1cc1c(c2-c2cc3ccccc3cc2Nc2ccc(-c3ccccc3)cc2)Bc2cccc3c2N1c1ccccc1S3. The van der Waals surface area contributed by atoms with E-state index in [2.05, 4.69) is 188 Å². The minimum absolute atomic E-state index is 0.169. The number of fused-ring (bicyclic) bond motifs is 8. The van der Waals surface area contributed by atoms with Crippen molar-refractivity contribution in [2.45, 2.75) is 29.1 Å². The molecule has 4 heteroatoms. The number of hydrogen-bond donors (Lipinski definition) is 1. The fraction of sp³-hybridized carbons (Fsp3) is 0.0612. The predicted octanol–water partition coefficient (Wildman–Crippen LogP) is 11.9. The second-order valence-electron chi connectivity index (χ2n) is 15.0. The summed E-state index contributed by atoms with van der Waals surface area (Å²) in [6.07, 6.45) is 0. The minimum atomic E-state index is -0.169. The molecule has 0 saturated carbocycles. The highest BCUT2D eigenvalue weighted by atomic mass is 32.2. The van der Waals surface area contributed by atoms with Crippen molar-refractivity contribution in [3.63, 3.8) is 0 Å². The van der Waals surface area contributed by atoms with Gasteiger partial charge in [0.05, 0.1) is 11.4 Å². The molecule has 2 nitrogen and oxygen atoms in total. The molecule has 0 atom stereocenters. The van der Waals surface area contributed by atoms with E-state index in [1.807, 2.05) is 11.8 Å². The molecule has 0 saturated heterocycles. The number of nitrogens with one attached hydrogen (secondary N) is 1. The van der Waals surface area contributed by atoms with Gasteiger partial charge in [-0.1, -0.05) is 146 Å². The second kappa shape index (κ2) is 11.5. The first kappa shape index (κ1) is 30.6. The van der Waals surface area contributed by atoms with Crippen LogP contribution in [0.5, 0.6) is 0 Å². The lowest BCUT2D eigenvalue weighted by Gasteiger charge is -2.40. The molecule has 3 aliphatic rings. The molecule has 1 aliphatic carbocycles. The van der Waals surface area contributed by atoms with E-state index in [-0.39, 0.29) is 5.41 Å². The van der Waals surface area contributed by atoms with Crippen LogP contribution in [-0.4, -0.2) is 7.28 Å². The Morgan fingerprint density at radius 3 is 2.09 bits per heavy atom. The number of rotatable bonds is 4. The molecule has 0 bridgehead atoms. The highest BCUT2D eigenvalue weighted by Gasteiger charge is 2.42. The lowest BCUT2D eigenvalue weighted by atomic mass is 9.57. The third kappa shape index (κ3) is 4.62. The Balaban J connectivity index is 1.20. The smallest absolute Gasteiger partial charge is 0.198 e. The van der Waals surface area contributed by atoms with Crippen LogP contribution in [0.2, 0.25) is 0 Å². The normalized spacial score (nSPS) is 14.0. The summed E-state index contributed by atoms with van der Waals surface area (Å²) in [5.74, 6) is 0. The van der Waals surface area contributed by atoms with Crippen LogP contribution in [0.3, 0.4) is 0 Å². The van der Waals surface area contributed by atoms with Crippen molar-refractivity contribution in [1.29, 1.82) is 0 Å². The molecular weight excluding hydrogens is 659 g/mol. The summed E-state index contributed by atoms with van der Waals surface area (Å²) in [5.41, 5.74) is 19.1. The number of nitrogens with zero attached hydrogens (tertiary/aromatic N) is 1. The summed E-state index contributed by atoms with van der Waals surface area (Å²) in [4.78, 5) is 5.19. The number of benzene rings is 8. The number of anilines is 5. The van der Waals surface area contributed by atoms with Gasteiger partial charge in [0.15, 0.2) is 7.28 Å². The molecule has 2 aliphatic heterocycles. The van der Waals surface area contributed by atoms with Gasteiger partial charge in [-0.3, -0.25) is 0 Å². The average molecular weight is 695 g/mol. The topological polar surface area (TPSA) is 15.3 Å². The van der Waals surface area contributed by atoms with Gasteiger partial charge in [-0.05, 0) is 104 Å². The van der Waals surface area contributed by atoms with Crippen LogP contribution >= 0.6 is 11.8 Å². The summed E-state index contributed by atoms with van der Waals surface area (Å²) in [6.45, 7) is 4.81. The van der Waals surface area contributed by atoms with Crippen molar-refractivity contribution in [3.05, 3.63) is 175 Å². The number of para-hydroxylation sites is 2. The van der Waals surface area contributed by atoms with Crippen LogP contribution in [0.25, 0.3) is 44.2 Å².